The van der Waals surface area contributed by atoms with Gasteiger partial charge in [0.05, 0.1) is 0 Å². The lowest BCUT2D eigenvalue weighted by atomic mass is 10.2. The number of guanidine groups is 1. The summed E-state index contributed by atoms with van der Waals surface area (Å²) in [6.07, 6.45) is 2.47. The molecule has 26 heavy (non-hydrogen) atoms. The Balaban J connectivity index is 1.28. The average Bonchev–Trinajstić information content (AvgIpc) is 3.27. The lowest BCUT2D eigenvalue weighted by molar-refractivity contribution is 0.174. The molecule has 0 unspecified atom stereocenters. The maximum Gasteiger partial charge on any atom is 0.231 e. The SMILES string of the molecule is CN=C(NCc1ccc2c(c1)OCO2)NCC1(Sc2ccccc2)CC1. The molecule has 0 radical (unpaired) electrons. The van der Waals surface area contributed by atoms with Gasteiger partial charge in [0.15, 0.2) is 17.5 Å². The molecule has 2 aliphatic rings. The molecule has 5 nitrogen and oxygen atoms in total. The molecular weight excluding hydrogens is 346 g/mol. The molecule has 1 aliphatic carbocycles. The second-order valence-corrected chi connectivity index (χ2v) is 8.11. The molecule has 0 aromatic heterocycles. The number of thioether (sulfide) groups is 1. The molecule has 0 bridgehead atoms. The van der Waals surface area contributed by atoms with Crippen LogP contribution >= 0.6 is 11.8 Å². The molecule has 1 heterocycles. The molecule has 2 aromatic carbocycles. The lowest BCUT2D eigenvalue weighted by Gasteiger charge is -2.18. The number of nitrogens with zero attached hydrogens (tertiary/aromatic N) is 1. The molecule has 0 amide bonds. The maximum absolute atomic E-state index is 5.43. The number of rotatable bonds is 6. The van der Waals surface area contributed by atoms with Gasteiger partial charge in [-0.1, -0.05) is 24.3 Å². The summed E-state index contributed by atoms with van der Waals surface area (Å²) < 4.78 is 11.1. The van der Waals surface area contributed by atoms with Crippen LogP contribution in [0, 0.1) is 0 Å². The zero-order valence-corrected chi connectivity index (χ0v) is 15.6. The third-order valence-corrected chi connectivity index (χ3v) is 6.08. The van der Waals surface area contributed by atoms with Gasteiger partial charge >= 0.3 is 0 Å². The van der Waals surface area contributed by atoms with Gasteiger partial charge in [-0.3, -0.25) is 4.99 Å². The van der Waals surface area contributed by atoms with Crippen molar-refractivity contribution in [3.8, 4) is 11.5 Å². The fourth-order valence-corrected chi connectivity index (χ4v) is 4.14. The smallest absolute Gasteiger partial charge is 0.231 e. The van der Waals surface area contributed by atoms with Crippen molar-refractivity contribution in [1.82, 2.24) is 10.6 Å². The number of nitrogens with one attached hydrogen (secondary N) is 2. The fourth-order valence-electron chi connectivity index (χ4n) is 2.89. The van der Waals surface area contributed by atoms with Crippen LogP contribution < -0.4 is 20.1 Å². The van der Waals surface area contributed by atoms with E-state index in [4.69, 9.17) is 9.47 Å². The number of hydrogen-bond donors (Lipinski definition) is 2. The van der Waals surface area contributed by atoms with Gasteiger partial charge in [0, 0.05) is 29.8 Å². The van der Waals surface area contributed by atoms with Crippen molar-refractivity contribution in [2.45, 2.75) is 29.0 Å². The molecule has 136 valence electrons. The van der Waals surface area contributed by atoms with Gasteiger partial charge in [-0.05, 0) is 42.7 Å². The molecule has 1 fully saturated rings. The summed E-state index contributed by atoms with van der Waals surface area (Å²) in [5.41, 5.74) is 1.14. The van der Waals surface area contributed by atoms with E-state index in [2.05, 4.69) is 46.0 Å². The summed E-state index contributed by atoms with van der Waals surface area (Å²) in [7, 11) is 1.80. The average molecular weight is 369 g/mol. The summed E-state index contributed by atoms with van der Waals surface area (Å²) >= 11 is 1.96. The number of hydrogen-bond acceptors (Lipinski definition) is 4. The van der Waals surface area contributed by atoms with Gasteiger partial charge in [-0.15, -0.1) is 11.8 Å². The Kier molecular flexibility index (Phi) is 4.93. The number of fused-ring (bicyclic) bond motifs is 1. The van der Waals surface area contributed by atoms with Crippen LogP contribution in [0.15, 0.2) is 58.4 Å². The zero-order chi connectivity index (χ0) is 17.8. The summed E-state index contributed by atoms with van der Waals surface area (Å²) in [6, 6.07) is 16.6. The Bertz CT molecular complexity index is 791. The summed E-state index contributed by atoms with van der Waals surface area (Å²) in [5, 5.41) is 6.85. The minimum Gasteiger partial charge on any atom is -0.454 e. The van der Waals surface area contributed by atoms with Crippen LogP contribution in [0.1, 0.15) is 18.4 Å². The molecule has 0 spiro atoms. The Hall–Kier alpha value is -2.34. The number of benzene rings is 2. The van der Waals surface area contributed by atoms with E-state index in [1.54, 1.807) is 7.05 Å². The summed E-state index contributed by atoms with van der Waals surface area (Å²) in [5.74, 6) is 2.44. The van der Waals surface area contributed by atoms with Crippen LogP contribution in [0.4, 0.5) is 0 Å². The van der Waals surface area contributed by atoms with E-state index in [1.807, 2.05) is 30.0 Å². The van der Waals surface area contributed by atoms with Crippen LogP contribution in [0.3, 0.4) is 0 Å². The first kappa shape index (κ1) is 17.1. The first-order valence-electron chi connectivity index (χ1n) is 8.83. The van der Waals surface area contributed by atoms with Gasteiger partial charge < -0.3 is 20.1 Å². The molecule has 2 N–H and O–H groups in total. The first-order chi connectivity index (χ1) is 12.8. The van der Waals surface area contributed by atoms with Crippen molar-refractivity contribution in [1.29, 1.82) is 0 Å². The number of aliphatic imine (C=N–C) groups is 1. The van der Waals surface area contributed by atoms with Crippen LogP contribution in [-0.4, -0.2) is 31.1 Å². The minimum absolute atomic E-state index is 0.289. The predicted molar refractivity (Wildman–Crippen MR) is 105 cm³/mol. The highest BCUT2D eigenvalue weighted by molar-refractivity contribution is 8.01. The molecule has 0 atom stereocenters. The van der Waals surface area contributed by atoms with Crippen LogP contribution in [0.2, 0.25) is 0 Å². The predicted octanol–water partition coefficient (Wildman–Crippen LogP) is 3.41. The highest BCUT2D eigenvalue weighted by Gasteiger charge is 2.43. The lowest BCUT2D eigenvalue weighted by Crippen LogP contribution is -2.40. The van der Waals surface area contributed by atoms with Gasteiger partial charge in [0.2, 0.25) is 6.79 Å². The van der Waals surface area contributed by atoms with Crippen molar-refractivity contribution in [2.24, 2.45) is 4.99 Å². The van der Waals surface area contributed by atoms with E-state index in [0.29, 0.717) is 13.3 Å². The highest BCUT2D eigenvalue weighted by Crippen LogP contribution is 2.51. The second-order valence-electron chi connectivity index (χ2n) is 6.57. The van der Waals surface area contributed by atoms with Crippen LogP contribution in [0.5, 0.6) is 11.5 Å². The fraction of sp³-hybridized carbons (Fsp3) is 0.350. The highest BCUT2D eigenvalue weighted by atomic mass is 32.2. The molecule has 0 saturated heterocycles. The van der Waals surface area contributed by atoms with E-state index in [1.165, 1.54) is 17.7 Å². The van der Waals surface area contributed by atoms with Crippen molar-refractivity contribution < 1.29 is 9.47 Å². The quantitative estimate of drug-likeness (QED) is 0.604. The normalized spacial score (nSPS) is 17.0. The van der Waals surface area contributed by atoms with E-state index in [0.717, 1.165) is 29.6 Å². The van der Waals surface area contributed by atoms with Gasteiger partial charge in [0.1, 0.15) is 0 Å². The summed E-state index contributed by atoms with van der Waals surface area (Å²) in [4.78, 5) is 5.67. The topological polar surface area (TPSA) is 54.9 Å². The molecule has 1 saturated carbocycles. The van der Waals surface area contributed by atoms with Gasteiger partial charge in [0.25, 0.3) is 0 Å². The Labute approximate surface area is 158 Å². The van der Waals surface area contributed by atoms with Crippen LogP contribution in [0.25, 0.3) is 0 Å². The molecular formula is C20H23N3O2S. The molecule has 1 aliphatic heterocycles. The third kappa shape index (κ3) is 4.07. The second kappa shape index (κ2) is 7.50. The zero-order valence-electron chi connectivity index (χ0n) is 14.8. The van der Waals surface area contributed by atoms with E-state index < -0.39 is 0 Å². The van der Waals surface area contributed by atoms with Crippen molar-refractivity contribution in [3.63, 3.8) is 0 Å². The largest absolute Gasteiger partial charge is 0.454 e. The van der Waals surface area contributed by atoms with Gasteiger partial charge in [-0.25, -0.2) is 0 Å². The Morgan fingerprint density at radius 3 is 2.65 bits per heavy atom. The van der Waals surface area contributed by atoms with Crippen LogP contribution in [-0.2, 0) is 6.54 Å². The van der Waals surface area contributed by atoms with Crippen molar-refractivity contribution >= 4 is 17.7 Å². The first-order valence-corrected chi connectivity index (χ1v) is 9.65. The van der Waals surface area contributed by atoms with Crippen molar-refractivity contribution in [3.05, 3.63) is 54.1 Å². The van der Waals surface area contributed by atoms with Gasteiger partial charge in [-0.2, -0.15) is 0 Å². The Morgan fingerprint density at radius 1 is 1.08 bits per heavy atom. The maximum atomic E-state index is 5.43. The summed E-state index contributed by atoms with van der Waals surface area (Å²) in [6.45, 7) is 1.90. The van der Waals surface area contributed by atoms with Crippen molar-refractivity contribution in [2.75, 3.05) is 20.4 Å². The Morgan fingerprint density at radius 2 is 1.88 bits per heavy atom. The van der Waals surface area contributed by atoms with E-state index in [9.17, 15) is 0 Å². The molecule has 2 aromatic rings. The van der Waals surface area contributed by atoms with E-state index in [-0.39, 0.29) is 4.75 Å². The standard InChI is InChI=1S/C20H23N3O2S/c1-21-19(22-12-15-7-8-17-18(11-15)25-14-24-17)23-13-20(9-10-20)26-16-5-3-2-4-6-16/h2-8,11H,9-10,12-14H2,1H3,(H2,21,22,23). The number of ether oxygens (including phenoxy) is 2. The minimum atomic E-state index is 0.289. The monoisotopic (exact) mass is 369 g/mol. The third-order valence-electron chi connectivity index (χ3n) is 4.58. The van der Waals surface area contributed by atoms with E-state index >= 15 is 0 Å². The molecule has 4 rings (SSSR count). The molecule has 6 heteroatoms.